The largest absolute Gasteiger partial charge is 0.497 e. The van der Waals surface area contributed by atoms with E-state index >= 15 is 0 Å². The minimum absolute atomic E-state index is 0.298. The summed E-state index contributed by atoms with van der Waals surface area (Å²) >= 11 is 0. The molecule has 3 heteroatoms. The molecule has 0 spiro atoms. The summed E-state index contributed by atoms with van der Waals surface area (Å²) in [6.07, 6.45) is 0. The molecule has 2 aromatic carbocycles. The first-order valence-corrected chi connectivity index (χ1v) is 7.82. The van der Waals surface area contributed by atoms with Crippen molar-refractivity contribution >= 4 is 5.69 Å². The van der Waals surface area contributed by atoms with Gasteiger partial charge in [0.15, 0.2) is 0 Å². The Morgan fingerprint density at radius 3 is 2.41 bits per heavy atom. The quantitative estimate of drug-likeness (QED) is 0.836. The number of rotatable bonds is 7. The van der Waals surface area contributed by atoms with Gasteiger partial charge in [0.2, 0.25) is 0 Å². The number of ether oxygens (including phenoxy) is 1. The maximum absolute atomic E-state index is 5.19. The highest BCUT2D eigenvalue weighted by Gasteiger charge is 2.11. The van der Waals surface area contributed by atoms with Gasteiger partial charge in [-0.1, -0.05) is 30.3 Å². The van der Waals surface area contributed by atoms with Gasteiger partial charge in [0.25, 0.3) is 0 Å². The first-order chi connectivity index (χ1) is 10.7. The van der Waals surface area contributed by atoms with Crippen LogP contribution in [0.3, 0.4) is 0 Å². The van der Waals surface area contributed by atoms with Crippen LogP contribution in [0.1, 0.15) is 31.0 Å². The first-order valence-electron chi connectivity index (χ1n) is 7.82. The average molecular weight is 298 g/mol. The molecule has 2 rings (SSSR count). The number of hydrogen-bond acceptors (Lipinski definition) is 3. The fourth-order valence-electron chi connectivity index (χ4n) is 2.50. The first kappa shape index (κ1) is 16.4. The van der Waals surface area contributed by atoms with E-state index in [1.807, 2.05) is 12.1 Å². The number of nitrogens with zero attached hydrogens (tertiary/aromatic N) is 1. The SMILES string of the molecule is CCN(C)c1ccccc1C(C)NCc1ccc(OC)cc1. The lowest BCUT2D eigenvalue weighted by Gasteiger charge is -2.24. The molecule has 0 bridgehead atoms. The van der Waals surface area contributed by atoms with Crippen LogP contribution in [0.15, 0.2) is 48.5 Å². The van der Waals surface area contributed by atoms with E-state index < -0.39 is 0 Å². The standard InChI is InChI=1S/C19H26N2O/c1-5-21(3)19-9-7-6-8-18(19)15(2)20-14-16-10-12-17(22-4)13-11-16/h6-13,15,20H,5,14H2,1-4H3. The normalized spacial score (nSPS) is 12.0. The average Bonchev–Trinajstić information content (AvgIpc) is 2.59. The Morgan fingerprint density at radius 2 is 1.77 bits per heavy atom. The molecule has 0 aromatic heterocycles. The molecule has 1 unspecified atom stereocenters. The number of para-hydroxylation sites is 1. The number of benzene rings is 2. The Hall–Kier alpha value is -2.00. The predicted molar refractivity (Wildman–Crippen MR) is 93.6 cm³/mol. The maximum Gasteiger partial charge on any atom is 0.118 e. The van der Waals surface area contributed by atoms with E-state index in [0.29, 0.717) is 6.04 Å². The third-order valence-corrected chi connectivity index (χ3v) is 4.06. The minimum atomic E-state index is 0.298. The van der Waals surface area contributed by atoms with Crippen LogP contribution in [-0.4, -0.2) is 20.7 Å². The van der Waals surface area contributed by atoms with Crippen LogP contribution < -0.4 is 15.0 Å². The molecule has 0 amide bonds. The van der Waals surface area contributed by atoms with E-state index in [-0.39, 0.29) is 0 Å². The summed E-state index contributed by atoms with van der Waals surface area (Å²) < 4.78 is 5.19. The second-order valence-corrected chi connectivity index (χ2v) is 5.52. The number of nitrogens with one attached hydrogen (secondary N) is 1. The summed E-state index contributed by atoms with van der Waals surface area (Å²) in [5.41, 5.74) is 3.88. The van der Waals surface area contributed by atoms with Gasteiger partial charge in [-0.05, 0) is 43.2 Å². The monoisotopic (exact) mass is 298 g/mol. The van der Waals surface area contributed by atoms with Crippen molar-refractivity contribution in [1.29, 1.82) is 0 Å². The molecule has 0 heterocycles. The van der Waals surface area contributed by atoms with Crippen LogP contribution in [0, 0.1) is 0 Å². The Morgan fingerprint density at radius 1 is 1.09 bits per heavy atom. The third kappa shape index (κ3) is 4.01. The van der Waals surface area contributed by atoms with Crippen LogP contribution >= 0.6 is 0 Å². The summed E-state index contributed by atoms with van der Waals surface area (Å²) in [7, 11) is 3.82. The minimum Gasteiger partial charge on any atom is -0.497 e. The molecule has 22 heavy (non-hydrogen) atoms. The van der Waals surface area contributed by atoms with E-state index in [9.17, 15) is 0 Å². The molecule has 2 aromatic rings. The van der Waals surface area contributed by atoms with Crippen LogP contribution in [-0.2, 0) is 6.54 Å². The Labute approximate surface area is 133 Å². The highest BCUT2D eigenvalue weighted by molar-refractivity contribution is 5.54. The Bertz CT molecular complexity index is 580. The van der Waals surface area contributed by atoms with Crippen LogP contribution in [0.5, 0.6) is 5.75 Å². The summed E-state index contributed by atoms with van der Waals surface area (Å²) in [6, 6.07) is 17.1. The number of methoxy groups -OCH3 is 1. The summed E-state index contributed by atoms with van der Waals surface area (Å²) in [5.74, 6) is 0.895. The van der Waals surface area contributed by atoms with Gasteiger partial charge in [-0.3, -0.25) is 0 Å². The molecule has 1 N–H and O–H groups in total. The van der Waals surface area contributed by atoms with E-state index in [4.69, 9.17) is 4.74 Å². The van der Waals surface area contributed by atoms with Gasteiger partial charge >= 0.3 is 0 Å². The number of anilines is 1. The molecule has 0 saturated heterocycles. The van der Waals surface area contributed by atoms with Gasteiger partial charge in [0.05, 0.1) is 7.11 Å². The highest BCUT2D eigenvalue weighted by Crippen LogP contribution is 2.25. The molecule has 1 atom stereocenters. The summed E-state index contributed by atoms with van der Waals surface area (Å²) in [5, 5.41) is 3.60. The second-order valence-electron chi connectivity index (χ2n) is 5.52. The zero-order chi connectivity index (χ0) is 15.9. The van der Waals surface area contributed by atoms with Gasteiger partial charge in [0.1, 0.15) is 5.75 Å². The van der Waals surface area contributed by atoms with E-state index in [1.54, 1.807) is 7.11 Å². The van der Waals surface area contributed by atoms with Crippen molar-refractivity contribution < 1.29 is 4.74 Å². The molecular formula is C19H26N2O. The fourth-order valence-corrected chi connectivity index (χ4v) is 2.50. The molecular weight excluding hydrogens is 272 g/mol. The van der Waals surface area contributed by atoms with Crippen molar-refractivity contribution in [3.05, 3.63) is 59.7 Å². The van der Waals surface area contributed by atoms with Crippen LogP contribution in [0.2, 0.25) is 0 Å². The summed E-state index contributed by atoms with van der Waals surface area (Å²) in [4.78, 5) is 2.28. The molecule has 0 aliphatic heterocycles. The lowest BCUT2D eigenvalue weighted by atomic mass is 10.0. The van der Waals surface area contributed by atoms with Gasteiger partial charge in [-0.25, -0.2) is 0 Å². The molecule has 0 saturated carbocycles. The molecule has 118 valence electrons. The lowest BCUT2D eigenvalue weighted by Crippen LogP contribution is -2.23. The number of hydrogen-bond donors (Lipinski definition) is 1. The summed E-state index contributed by atoms with van der Waals surface area (Å²) in [6.45, 7) is 6.23. The van der Waals surface area contributed by atoms with Crippen molar-refractivity contribution in [3.8, 4) is 5.75 Å². The van der Waals surface area contributed by atoms with Gasteiger partial charge in [-0.15, -0.1) is 0 Å². The lowest BCUT2D eigenvalue weighted by molar-refractivity contribution is 0.414. The van der Waals surface area contributed by atoms with Crippen molar-refractivity contribution in [3.63, 3.8) is 0 Å². The zero-order valence-corrected chi connectivity index (χ0v) is 14.0. The smallest absolute Gasteiger partial charge is 0.118 e. The van der Waals surface area contributed by atoms with Gasteiger partial charge in [0, 0.05) is 31.9 Å². The maximum atomic E-state index is 5.19. The molecule has 0 aliphatic rings. The Balaban J connectivity index is 2.04. The van der Waals surface area contributed by atoms with Crippen molar-refractivity contribution in [1.82, 2.24) is 5.32 Å². The van der Waals surface area contributed by atoms with Crippen molar-refractivity contribution in [2.75, 3.05) is 25.6 Å². The van der Waals surface area contributed by atoms with Gasteiger partial charge < -0.3 is 15.0 Å². The van der Waals surface area contributed by atoms with Gasteiger partial charge in [-0.2, -0.15) is 0 Å². The highest BCUT2D eigenvalue weighted by atomic mass is 16.5. The molecule has 0 radical (unpaired) electrons. The van der Waals surface area contributed by atoms with Crippen molar-refractivity contribution in [2.45, 2.75) is 26.4 Å². The zero-order valence-electron chi connectivity index (χ0n) is 14.0. The topological polar surface area (TPSA) is 24.5 Å². The molecule has 0 fully saturated rings. The van der Waals surface area contributed by atoms with Crippen LogP contribution in [0.25, 0.3) is 0 Å². The van der Waals surface area contributed by atoms with E-state index in [2.05, 4.69) is 67.5 Å². The Kier molecular flexibility index (Phi) is 5.84. The van der Waals surface area contributed by atoms with Crippen LogP contribution in [0.4, 0.5) is 5.69 Å². The predicted octanol–water partition coefficient (Wildman–Crippen LogP) is 4.00. The molecule has 0 aliphatic carbocycles. The van der Waals surface area contributed by atoms with Crippen molar-refractivity contribution in [2.24, 2.45) is 0 Å². The van der Waals surface area contributed by atoms with E-state index in [0.717, 1.165) is 18.8 Å². The third-order valence-electron chi connectivity index (χ3n) is 4.06. The van der Waals surface area contributed by atoms with E-state index in [1.165, 1.54) is 16.8 Å². The second kappa shape index (κ2) is 7.85. The molecule has 3 nitrogen and oxygen atoms in total. The fraction of sp³-hybridized carbons (Fsp3) is 0.368.